The topological polar surface area (TPSA) is 52.6 Å². The van der Waals surface area contributed by atoms with Crippen molar-refractivity contribution in [2.24, 2.45) is 5.41 Å². The molecule has 92 valence electrons. The fourth-order valence-corrected chi connectivity index (χ4v) is 2.54. The van der Waals surface area contributed by atoms with Crippen LogP contribution < -0.4 is 5.32 Å². The third kappa shape index (κ3) is 2.38. The van der Waals surface area contributed by atoms with Gasteiger partial charge in [-0.15, -0.1) is 0 Å². The number of likely N-dealkylation sites (tertiary alicyclic amines) is 1. The number of nitrogens with one attached hydrogen (secondary N) is 1. The first-order valence-corrected chi connectivity index (χ1v) is 6.28. The Morgan fingerprint density at radius 3 is 2.69 bits per heavy atom. The highest BCUT2D eigenvalue weighted by atomic mass is 16.3. The maximum atomic E-state index is 12.1. The summed E-state index contributed by atoms with van der Waals surface area (Å²) in [5.41, 5.74) is 0.0277. The molecule has 0 radical (unpaired) electrons. The van der Waals surface area contributed by atoms with Crippen LogP contribution in [0.1, 0.15) is 32.6 Å². The van der Waals surface area contributed by atoms with E-state index in [2.05, 4.69) is 12.2 Å². The Morgan fingerprint density at radius 2 is 2.19 bits per heavy atom. The first-order valence-electron chi connectivity index (χ1n) is 6.28. The average molecular weight is 226 g/mol. The van der Waals surface area contributed by atoms with E-state index in [1.54, 1.807) is 0 Å². The summed E-state index contributed by atoms with van der Waals surface area (Å²) >= 11 is 0. The van der Waals surface area contributed by atoms with Crippen molar-refractivity contribution >= 4 is 5.91 Å². The third-order valence-electron chi connectivity index (χ3n) is 4.02. The van der Waals surface area contributed by atoms with E-state index in [1.807, 2.05) is 4.90 Å². The van der Waals surface area contributed by atoms with E-state index in [4.69, 9.17) is 0 Å². The molecule has 2 saturated heterocycles. The summed E-state index contributed by atoms with van der Waals surface area (Å²) in [4.78, 5) is 14.1. The first-order chi connectivity index (χ1) is 7.64. The van der Waals surface area contributed by atoms with Crippen LogP contribution in [0.25, 0.3) is 0 Å². The Balaban J connectivity index is 1.86. The SMILES string of the molecule is CC1(CO)CCN(C(=O)[C@@H]2CCCN2)CC1. The molecule has 0 saturated carbocycles. The van der Waals surface area contributed by atoms with Crippen LogP contribution in [0.4, 0.5) is 0 Å². The largest absolute Gasteiger partial charge is 0.396 e. The molecule has 0 aromatic rings. The average Bonchev–Trinajstić information content (AvgIpc) is 2.83. The number of amides is 1. The lowest BCUT2D eigenvalue weighted by Crippen LogP contribution is -2.49. The minimum atomic E-state index is 0.0277. The highest BCUT2D eigenvalue weighted by Crippen LogP contribution is 2.30. The van der Waals surface area contributed by atoms with Gasteiger partial charge in [-0.05, 0) is 37.6 Å². The molecular formula is C12H22N2O2. The van der Waals surface area contributed by atoms with Gasteiger partial charge in [0.2, 0.25) is 5.91 Å². The van der Waals surface area contributed by atoms with Crippen molar-refractivity contribution < 1.29 is 9.90 Å². The number of piperidine rings is 1. The highest BCUT2D eigenvalue weighted by Gasteiger charge is 2.34. The molecule has 0 aromatic carbocycles. The molecule has 2 aliphatic heterocycles. The van der Waals surface area contributed by atoms with Crippen molar-refractivity contribution in [1.82, 2.24) is 10.2 Å². The van der Waals surface area contributed by atoms with Crippen molar-refractivity contribution in [2.75, 3.05) is 26.2 Å². The van der Waals surface area contributed by atoms with Crippen molar-refractivity contribution in [3.8, 4) is 0 Å². The second-order valence-corrected chi connectivity index (χ2v) is 5.44. The van der Waals surface area contributed by atoms with Crippen LogP contribution in [0, 0.1) is 5.41 Å². The van der Waals surface area contributed by atoms with Gasteiger partial charge in [0.15, 0.2) is 0 Å². The molecule has 2 aliphatic rings. The van der Waals surface area contributed by atoms with Gasteiger partial charge in [0, 0.05) is 19.7 Å². The van der Waals surface area contributed by atoms with Gasteiger partial charge in [-0.2, -0.15) is 0 Å². The summed E-state index contributed by atoms with van der Waals surface area (Å²) in [5, 5.41) is 12.5. The summed E-state index contributed by atoms with van der Waals surface area (Å²) in [6.45, 7) is 4.90. The van der Waals surface area contributed by atoms with Gasteiger partial charge in [-0.25, -0.2) is 0 Å². The molecule has 1 amide bonds. The molecule has 1 atom stereocenters. The van der Waals surface area contributed by atoms with E-state index in [1.165, 1.54) is 0 Å². The van der Waals surface area contributed by atoms with Crippen molar-refractivity contribution in [1.29, 1.82) is 0 Å². The second kappa shape index (κ2) is 4.72. The summed E-state index contributed by atoms with van der Waals surface area (Å²) in [5.74, 6) is 0.262. The maximum absolute atomic E-state index is 12.1. The molecule has 16 heavy (non-hydrogen) atoms. The zero-order chi connectivity index (χ0) is 11.6. The Bertz CT molecular complexity index is 254. The van der Waals surface area contributed by atoms with Crippen LogP contribution in [0.2, 0.25) is 0 Å². The van der Waals surface area contributed by atoms with E-state index >= 15 is 0 Å². The number of hydrogen-bond acceptors (Lipinski definition) is 3. The molecule has 0 spiro atoms. The summed E-state index contributed by atoms with van der Waals surface area (Å²) < 4.78 is 0. The molecule has 4 heteroatoms. The molecular weight excluding hydrogens is 204 g/mol. The van der Waals surface area contributed by atoms with Crippen LogP contribution in [-0.4, -0.2) is 48.2 Å². The number of hydrogen-bond donors (Lipinski definition) is 2. The van der Waals surface area contributed by atoms with Crippen molar-refractivity contribution in [2.45, 2.75) is 38.6 Å². The van der Waals surface area contributed by atoms with Gasteiger partial charge in [0.25, 0.3) is 0 Å². The Labute approximate surface area is 97.0 Å². The van der Waals surface area contributed by atoms with Crippen molar-refractivity contribution in [3.63, 3.8) is 0 Å². The minimum Gasteiger partial charge on any atom is -0.396 e. The van der Waals surface area contributed by atoms with Gasteiger partial charge in [0.05, 0.1) is 6.04 Å². The Hall–Kier alpha value is -0.610. The predicted octanol–water partition coefficient (Wildman–Crippen LogP) is 0.359. The monoisotopic (exact) mass is 226 g/mol. The molecule has 0 aromatic heterocycles. The van der Waals surface area contributed by atoms with Gasteiger partial charge in [-0.3, -0.25) is 4.79 Å². The van der Waals surface area contributed by atoms with Crippen LogP contribution in [0.15, 0.2) is 0 Å². The minimum absolute atomic E-state index is 0.0277. The number of carbonyl (C=O) groups is 1. The number of carbonyl (C=O) groups excluding carboxylic acids is 1. The molecule has 2 heterocycles. The smallest absolute Gasteiger partial charge is 0.239 e. The molecule has 2 rings (SSSR count). The number of rotatable bonds is 2. The standard InChI is InChI=1S/C12H22N2O2/c1-12(9-15)4-7-14(8-5-12)11(16)10-3-2-6-13-10/h10,13,15H,2-9H2,1H3/t10-/m0/s1. The van der Waals surface area contributed by atoms with Crippen LogP contribution in [0.5, 0.6) is 0 Å². The van der Waals surface area contributed by atoms with Crippen LogP contribution in [0.3, 0.4) is 0 Å². The number of aliphatic hydroxyl groups is 1. The fourth-order valence-electron chi connectivity index (χ4n) is 2.54. The lowest BCUT2D eigenvalue weighted by Gasteiger charge is -2.39. The fraction of sp³-hybridized carbons (Fsp3) is 0.917. The van der Waals surface area contributed by atoms with E-state index in [0.717, 1.165) is 45.3 Å². The predicted molar refractivity (Wildman–Crippen MR) is 62.0 cm³/mol. The summed E-state index contributed by atoms with van der Waals surface area (Å²) in [6.07, 6.45) is 3.93. The summed E-state index contributed by atoms with van der Waals surface area (Å²) in [6, 6.07) is 0.0542. The molecule has 0 unspecified atom stereocenters. The lowest BCUT2D eigenvalue weighted by atomic mass is 9.81. The van der Waals surface area contributed by atoms with E-state index < -0.39 is 0 Å². The zero-order valence-electron chi connectivity index (χ0n) is 10.0. The van der Waals surface area contributed by atoms with Gasteiger partial charge in [0.1, 0.15) is 0 Å². The Kier molecular flexibility index (Phi) is 3.50. The van der Waals surface area contributed by atoms with E-state index in [0.29, 0.717) is 0 Å². The van der Waals surface area contributed by atoms with E-state index in [9.17, 15) is 9.90 Å². The lowest BCUT2D eigenvalue weighted by molar-refractivity contribution is -0.135. The molecule has 0 bridgehead atoms. The maximum Gasteiger partial charge on any atom is 0.239 e. The highest BCUT2D eigenvalue weighted by molar-refractivity contribution is 5.82. The number of aliphatic hydroxyl groups excluding tert-OH is 1. The van der Waals surface area contributed by atoms with Crippen LogP contribution in [-0.2, 0) is 4.79 Å². The van der Waals surface area contributed by atoms with Crippen LogP contribution >= 0.6 is 0 Å². The molecule has 2 N–H and O–H groups in total. The van der Waals surface area contributed by atoms with Crippen molar-refractivity contribution in [3.05, 3.63) is 0 Å². The second-order valence-electron chi connectivity index (χ2n) is 5.44. The van der Waals surface area contributed by atoms with E-state index in [-0.39, 0.29) is 24.0 Å². The van der Waals surface area contributed by atoms with Gasteiger partial charge < -0.3 is 15.3 Å². The Morgan fingerprint density at radius 1 is 1.50 bits per heavy atom. The third-order valence-corrected chi connectivity index (χ3v) is 4.02. The zero-order valence-corrected chi connectivity index (χ0v) is 10.0. The normalized spacial score (nSPS) is 29.4. The van der Waals surface area contributed by atoms with Gasteiger partial charge >= 0.3 is 0 Å². The molecule has 0 aliphatic carbocycles. The number of nitrogens with zero attached hydrogens (tertiary/aromatic N) is 1. The molecule has 4 nitrogen and oxygen atoms in total. The summed E-state index contributed by atoms with van der Waals surface area (Å²) in [7, 11) is 0. The molecule has 2 fully saturated rings. The first kappa shape index (κ1) is 11.9. The quantitative estimate of drug-likeness (QED) is 0.715. The van der Waals surface area contributed by atoms with Gasteiger partial charge in [-0.1, -0.05) is 6.92 Å².